The van der Waals surface area contributed by atoms with Crippen molar-refractivity contribution in [3.63, 3.8) is 0 Å². The van der Waals surface area contributed by atoms with Gasteiger partial charge in [0.05, 0.1) is 0 Å². The minimum Gasteiger partial charge on any atom is -0.322 e. The van der Waals surface area contributed by atoms with Crippen molar-refractivity contribution in [1.82, 2.24) is 20.3 Å². The van der Waals surface area contributed by atoms with Crippen LogP contribution in [0.4, 0.5) is 0 Å². The van der Waals surface area contributed by atoms with Crippen molar-refractivity contribution in [1.29, 1.82) is 0 Å². The highest BCUT2D eigenvalue weighted by Gasteiger charge is 2.26. The summed E-state index contributed by atoms with van der Waals surface area (Å²) in [5.74, 6) is 0. The molecule has 2 aliphatic heterocycles. The van der Waals surface area contributed by atoms with Gasteiger partial charge in [0.1, 0.15) is 5.15 Å². The Kier molecular flexibility index (Phi) is 4.52. The van der Waals surface area contributed by atoms with E-state index < -0.39 is 0 Å². The van der Waals surface area contributed by atoms with Crippen LogP contribution >= 0.6 is 11.6 Å². The fourth-order valence-electron chi connectivity index (χ4n) is 3.42. The molecule has 1 aromatic carbocycles. The number of benzene rings is 1. The zero-order chi connectivity index (χ0) is 16.4. The summed E-state index contributed by atoms with van der Waals surface area (Å²) in [7, 11) is 0. The molecule has 0 fully saturated rings. The Morgan fingerprint density at radius 2 is 1.88 bits per heavy atom. The maximum atomic E-state index is 5.86. The largest absolute Gasteiger partial charge is 0.322 e. The lowest BCUT2D eigenvalue weighted by atomic mass is 10.1. The summed E-state index contributed by atoms with van der Waals surface area (Å²) in [4.78, 5) is 6.66. The lowest BCUT2D eigenvalue weighted by Crippen LogP contribution is -2.32. The van der Waals surface area contributed by atoms with Gasteiger partial charge in [-0.25, -0.2) is 9.99 Å². The highest BCUT2D eigenvalue weighted by molar-refractivity contribution is 6.29. The topological polar surface area (TPSA) is 31.4 Å². The molecular weight excluding hydrogens is 320 g/mol. The zero-order valence-electron chi connectivity index (χ0n) is 13.6. The molecule has 4 nitrogen and oxygen atoms in total. The smallest absolute Gasteiger partial charge is 0.129 e. The molecule has 0 saturated carbocycles. The Labute approximate surface area is 147 Å². The van der Waals surface area contributed by atoms with Crippen LogP contribution in [0.15, 0.2) is 59.9 Å². The van der Waals surface area contributed by atoms with Crippen molar-refractivity contribution >= 4 is 11.6 Å². The number of nitrogens with zero attached hydrogens (tertiary/aromatic N) is 3. The van der Waals surface area contributed by atoms with Gasteiger partial charge >= 0.3 is 0 Å². The Balaban J connectivity index is 1.35. The summed E-state index contributed by atoms with van der Waals surface area (Å²) in [5.41, 5.74) is 9.08. The van der Waals surface area contributed by atoms with Gasteiger partial charge in [-0.2, -0.15) is 0 Å². The van der Waals surface area contributed by atoms with Crippen molar-refractivity contribution in [3.8, 4) is 0 Å². The van der Waals surface area contributed by atoms with Gasteiger partial charge in [-0.1, -0.05) is 48.0 Å². The highest BCUT2D eigenvalue weighted by Crippen LogP contribution is 2.24. The summed E-state index contributed by atoms with van der Waals surface area (Å²) in [6.45, 7) is 4.97. The van der Waals surface area contributed by atoms with Crippen LogP contribution in [0.1, 0.15) is 17.5 Å². The summed E-state index contributed by atoms with van der Waals surface area (Å²) in [5, 5.41) is 2.87. The molecule has 4 rings (SSSR count). The van der Waals surface area contributed by atoms with E-state index in [1.54, 1.807) is 0 Å². The second-order valence-corrected chi connectivity index (χ2v) is 6.87. The monoisotopic (exact) mass is 340 g/mol. The van der Waals surface area contributed by atoms with E-state index in [0.29, 0.717) is 5.15 Å². The molecule has 124 valence electrons. The molecule has 0 saturated heterocycles. The number of pyridine rings is 1. The normalized spacial score (nSPS) is 18.5. The number of rotatable bonds is 4. The molecule has 5 heteroatoms. The Morgan fingerprint density at radius 1 is 1.00 bits per heavy atom. The number of aromatic nitrogens is 1. The molecule has 0 unspecified atom stereocenters. The fraction of sp³-hybridized carbons (Fsp3) is 0.316. The first-order chi connectivity index (χ1) is 11.8. The maximum Gasteiger partial charge on any atom is 0.129 e. The fourth-order valence-corrected chi connectivity index (χ4v) is 3.54. The van der Waals surface area contributed by atoms with Crippen LogP contribution in [-0.4, -0.2) is 34.5 Å². The molecule has 0 aliphatic carbocycles. The predicted molar refractivity (Wildman–Crippen MR) is 96.2 cm³/mol. The zero-order valence-corrected chi connectivity index (χ0v) is 14.3. The average molecular weight is 341 g/mol. The van der Waals surface area contributed by atoms with Crippen LogP contribution in [0.5, 0.6) is 0 Å². The van der Waals surface area contributed by atoms with Gasteiger partial charge in [-0.15, -0.1) is 0 Å². The van der Waals surface area contributed by atoms with Gasteiger partial charge in [0.2, 0.25) is 0 Å². The molecule has 2 aliphatic rings. The second kappa shape index (κ2) is 6.93. The first kappa shape index (κ1) is 15.6. The van der Waals surface area contributed by atoms with Crippen molar-refractivity contribution in [2.24, 2.45) is 0 Å². The van der Waals surface area contributed by atoms with E-state index in [4.69, 9.17) is 11.6 Å². The lowest BCUT2D eigenvalue weighted by molar-refractivity contribution is 0.246. The molecule has 0 amide bonds. The highest BCUT2D eigenvalue weighted by atomic mass is 35.5. The molecule has 0 bridgehead atoms. The van der Waals surface area contributed by atoms with Crippen molar-refractivity contribution in [2.45, 2.75) is 19.5 Å². The van der Waals surface area contributed by atoms with E-state index in [1.165, 1.54) is 22.4 Å². The Hall–Kier alpha value is -1.88. The van der Waals surface area contributed by atoms with Crippen LogP contribution in [-0.2, 0) is 13.1 Å². The number of halogens is 1. The standard InChI is InChI=1S/C19H21ClN4/c20-19-7-6-16(10-21-19)11-23-9-8-18-17(13-23)14-24(22-18)12-15-4-2-1-3-5-15/h1-7,10,22H,8-9,11-14H2. The van der Waals surface area contributed by atoms with Crippen molar-refractivity contribution in [2.75, 3.05) is 19.6 Å². The molecule has 0 atom stereocenters. The molecular formula is C19H21ClN4. The van der Waals surface area contributed by atoms with Gasteiger partial charge in [0, 0.05) is 51.0 Å². The van der Waals surface area contributed by atoms with Gasteiger partial charge in [-0.05, 0) is 22.8 Å². The summed E-state index contributed by atoms with van der Waals surface area (Å²) in [6, 6.07) is 14.5. The average Bonchev–Trinajstić information content (AvgIpc) is 2.99. The third kappa shape index (κ3) is 3.61. The van der Waals surface area contributed by atoms with E-state index in [2.05, 4.69) is 56.7 Å². The Bertz CT molecular complexity index is 727. The van der Waals surface area contributed by atoms with Gasteiger partial charge < -0.3 is 5.43 Å². The molecule has 3 heterocycles. The molecule has 1 N–H and O–H groups in total. The van der Waals surface area contributed by atoms with E-state index in [1.807, 2.05) is 12.3 Å². The summed E-state index contributed by atoms with van der Waals surface area (Å²) < 4.78 is 0. The van der Waals surface area contributed by atoms with Crippen LogP contribution in [0, 0.1) is 0 Å². The van der Waals surface area contributed by atoms with Crippen LogP contribution in [0.2, 0.25) is 5.15 Å². The van der Waals surface area contributed by atoms with Crippen LogP contribution in [0.25, 0.3) is 0 Å². The number of hydrazine groups is 1. The summed E-state index contributed by atoms with van der Waals surface area (Å²) in [6.07, 6.45) is 2.96. The minimum atomic E-state index is 0.555. The van der Waals surface area contributed by atoms with E-state index in [-0.39, 0.29) is 0 Å². The maximum absolute atomic E-state index is 5.86. The van der Waals surface area contributed by atoms with E-state index >= 15 is 0 Å². The van der Waals surface area contributed by atoms with Crippen molar-refractivity contribution < 1.29 is 0 Å². The number of hydrogen-bond donors (Lipinski definition) is 1. The number of hydrogen-bond acceptors (Lipinski definition) is 4. The molecule has 2 aromatic rings. The first-order valence-corrected chi connectivity index (χ1v) is 8.73. The molecule has 0 spiro atoms. The molecule has 0 radical (unpaired) electrons. The first-order valence-electron chi connectivity index (χ1n) is 8.35. The number of nitrogens with one attached hydrogen (secondary N) is 1. The predicted octanol–water partition coefficient (Wildman–Crippen LogP) is 3.22. The van der Waals surface area contributed by atoms with Gasteiger partial charge in [-0.3, -0.25) is 4.90 Å². The lowest BCUT2D eigenvalue weighted by Gasteiger charge is -2.27. The van der Waals surface area contributed by atoms with Crippen LogP contribution in [0.3, 0.4) is 0 Å². The van der Waals surface area contributed by atoms with E-state index in [0.717, 1.165) is 39.1 Å². The van der Waals surface area contributed by atoms with Gasteiger partial charge in [0.25, 0.3) is 0 Å². The SMILES string of the molecule is Clc1ccc(CN2CCC3=C(C2)CN(Cc2ccccc2)N3)cn1. The third-order valence-electron chi connectivity index (χ3n) is 4.61. The summed E-state index contributed by atoms with van der Waals surface area (Å²) >= 11 is 5.86. The van der Waals surface area contributed by atoms with Crippen LogP contribution < -0.4 is 5.43 Å². The molecule has 24 heavy (non-hydrogen) atoms. The quantitative estimate of drug-likeness (QED) is 0.866. The van der Waals surface area contributed by atoms with E-state index in [9.17, 15) is 0 Å². The van der Waals surface area contributed by atoms with Gasteiger partial charge in [0.15, 0.2) is 0 Å². The third-order valence-corrected chi connectivity index (χ3v) is 4.83. The molecule has 1 aromatic heterocycles. The minimum absolute atomic E-state index is 0.555. The van der Waals surface area contributed by atoms with Crippen molar-refractivity contribution in [3.05, 3.63) is 76.2 Å². The second-order valence-electron chi connectivity index (χ2n) is 6.49. The Morgan fingerprint density at radius 3 is 2.67 bits per heavy atom.